The zero-order valence-corrected chi connectivity index (χ0v) is 12.7. The van der Waals surface area contributed by atoms with Gasteiger partial charge in [-0.1, -0.05) is 13.0 Å². The van der Waals surface area contributed by atoms with E-state index in [1.54, 1.807) is 12.1 Å². The molecular formula is C16H16N4O3. The molecule has 2 heterocycles. The number of carbonyl (C=O) groups is 1. The average Bonchev–Trinajstić information content (AvgIpc) is 2.91. The lowest BCUT2D eigenvalue weighted by atomic mass is 10.1. The lowest BCUT2D eigenvalue weighted by Gasteiger charge is -2.09. The summed E-state index contributed by atoms with van der Waals surface area (Å²) in [7, 11) is 0. The Bertz CT molecular complexity index is 902. The number of carboxylic acid groups (broad SMARTS) is 1. The summed E-state index contributed by atoms with van der Waals surface area (Å²) < 4.78 is 1.51. The predicted octanol–water partition coefficient (Wildman–Crippen LogP) is 2.75. The fourth-order valence-corrected chi connectivity index (χ4v) is 2.53. The number of fused-ring (bicyclic) bond motifs is 1. The van der Waals surface area contributed by atoms with E-state index in [0.717, 1.165) is 5.56 Å². The standard InChI is InChI=1S/C16H16N4O3/c1-3-11-12(16(22)23)7-20-14(11)15(17-8-18-20)19-10-5-4-9(2)13(21)6-10/h4-8,21H,3H2,1-2H3,(H,22,23)(H,17,18,19). The number of anilines is 2. The minimum absolute atomic E-state index is 0.178. The highest BCUT2D eigenvalue weighted by molar-refractivity contribution is 5.94. The number of aromatic nitrogens is 3. The molecule has 0 fully saturated rings. The van der Waals surface area contributed by atoms with E-state index in [2.05, 4.69) is 15.4 Å². The Morgan fingerprint density at radius 2 is 2.17 bits per heavy atom. The lowest BCUT2D eigenvalue weighted by Crippen LogP contribution is -2.01. The van der Waals surface area contributed by atoms with Gasteiger partial charge in [0.05, 0.1) is 5.56 Å². The third-order valence-corrected chi connectivity index (χ3v) is 3.73. The summed E-state index contributed by atoms with van der Waals surface area (Å²) in [6.07, 6.45) is 3.38. The van der Waals surface area contributed by atoms with Crippen molar-refractivity contribution in [2.45, 2.75) is 20.3 Å². The number of aromatic hydroxyl groups is 1. The maximum atomic E-state index is 11.4. The molecule has 3 rings (SSSR count). The number of hydrogen-bond acceptors (Lipinski definition) is 5. The number of nitrogens with zero attached hydrogens (tertiary/aromatic N) is 3. The highest BCUT2D eigenvalue weighted by atomic mass is 16.4. The molecule has 0 unspecified atom stereocenters. The van der Waals surface area contributed by atoms with E-state index in [9.17, 15) is 15.0 Å². The summed E-state index contributed by atoms with van der Waals surface area (Å²) in [6, 6.07) is 5.21. The molecule has 7 nitrogen and oxygen atoms in total. The molecule has 0 spiro atoms. The molecular weight excluding hydrogens is 296 g/mol. The molecule has 118 valence electrons. The van der Waals surface area contributed by atoms with Gasteiger partial charge in [0.1, 0.15) is 17.6 Å². The number of nitrogens with one attached hydrogen (secondary N) is 1. The second kappa shape index (κ2) is 5.60. The molecule has 1 aromatic carbocycles. The molecule has 0 amide bonds. The summed E-state index contributed by atoms with van der Waals surface area (Å²) in [5.74, 6) is -0.323. The van der Waals surface area contributed by atoms with E-state index in [1.807, 2.05) is 19.9 Å². The molecule has 0 radical (unpaired) electrons. The van der Waals surface area contributed by atoms with Crippen LogP contribution in [0, 0.1) is 6.92 Å². The minimum Gasteiger partial charge on any atom is -0.508 e. The summed E-state index contributed by atoms with van der Waals surface area (Å²) in [5.41, 5.74) is 2.93. The summed E-state index contributed by atoms with van der Waals surface area (Å²) in [4.78, 5) is 15.6. The van der Waals surface area contributed by atoms with Crippen LogP contribution in [0.4, 0.5) is 11.5 Å². The van der Waals surface area contributed by atoms with Crippen molar-refractivity contribution in [2.24, 2.45) is 0 Å². The van der Waals surface area contributed by atoms with Crippen LogP contribution in [-0.4, -0.2) is 30.8 Å². The van der Waals surface area contributed by atoms with Gasteiger partial charge in [-0.2, -0.15) is 5.10 Å². The van der Waals surface area contributed by atoms with Crippen molar-refractivity contribution in [3.8, 4) is 5.75 Å². The first-order chi connectivity index (χ1) is 11.0. The van der Waals surface area contributed by atoms with Crippen LogP contribution in [0.5, 0.6) is 5.75 Å². The van der Waals surface area contributed by atoms with E-state index >= 15 is 0 Å². The van der Waals surface area contributed by atoms with E-state index in [4.69, 9.17) is 0 Å². The predicted molar refractivity (Wildman–Crippen MR) is 85.5 cm³/mol. The smallest absolute Gasteiger partial charge is 0.337 e. The average molecular weight is 312 g/mol. The first-order valence-corrected chi connectivity index (χ1v) is 7.16. The molecule has 3 N–H and O–H groups in total. The van der Waals surface area contributed by atoms with E-state index in [0.29, 0.717) is 29.0 Å². The normalized spacial score (nSPS) is 10.9. The first-order valence-electron chi connectivity index (χ1n) is 7.16. The van der Waals surface area contributed by atoms with Gasteiger partial charge in [-0.05, 0) is 30.5 Å². The highest BCUT2D eigenvalue weighted by Crippen LogP contribution is 2.28. The molecule has 0 aliphatic rings. The SMILES string of the molecule is CCc1c(C(=O)O)cn2ncnc(Nc3ccc(C)c(O)c3)c12. The molecule has 23 heavy (non-hydrogen) atoms. The van der Waals surface area contributed by atoms with Crippen LogP contribution >= 0.6 is 0 Å². The topological polar surface area (TPSA) is 99.8 Å². The van der Waals surface area contributed by atoms with Crippen LogP contribution in [0.25, 0.3) is 5.52 Å². The Labute approximate surface area is 132 Å². The Morgan fingerprint density at radius 3 is 2.83 bits per heavy atom. The van der Waals surface area contributed by atoms with Crippen molar-refractivity contribution in [2.75, 3.05) is 5.32 Å². The van der Waals surface area contributed by atoms with Crippen LogP contribution in [0.3, 0.4) is 0 Å². The van der Waals surface area contributed by atoms with Gasteiger partial charge in [0.25, 0.3) is 0 Å². The zero-order chi connectivity index (χ0) is 16.6. The number of aromatic carboxylic acids is 1. The molecule has 0 saturated carbocycles. The highest BCUT2D eigenvalue weighted by Gasteiger charge is 2.19. The quantitative estimate of drug-likeness (QED) is 0.685. The monoisotopic (exact) mass is 312 g/mol. The van der Waals surface area contributed by atoms with Gasteiger partial charge in [-0.3, -0.25) is 0 Å². The molecule has 0 atom stereocenters. The van der Waals surface area contributed by atoms with E-state index in [1.165, 1.54) is 17.0 Å². The number of phenolic OH excluding ortho intramolecular Hbond substituents is 1. The van der Waals surface area contributed by atoms with Gasteiger partial charge in [0.2, 0.25) is 0 Å². The van der Waals surface area contributed by atoms with Gasteiger partial charge < -0.3 is 15.5 Å². The molecule has 0 bridgehead atoms. The van der Waals surface area contributed by atoms with Crippen LogP contribution in [0.15, 0.2) is 30.7 Å². The maximum Gasteiger partial charge on any atom is 0.337 e. The number of carboxylic acids is 1. The van der Waals surface area contributed by atoms with Crippen LogP contribution in [-0.2, 0) is 6.42 Å². The number of phenols is 1. The van der Waals surface area contributed by atoms with Gasteiger partial charge in [-0.15, -0.1) is 0 Å². The second-order valence-corrected chi connectivity index (χ2v) is 5.21. The largest absolute Gasteiger partial charge is 0.508 e. The van der Waals surface area contributed by atoms with Gasteiger partial charge in [-0.25, -0.2) is 14.3 Å². The molecule has 0 aliphatic carbocycles. The molecule has 0 saturated heterocycles. The fourth-order valence-electron chi connectivity index (χ4n) is 2.53. The number of benzene rings is 1. The third kappa shape index (κ3) is 2.57. The molecule has 2 aromatic heterocycles. The Balaban J connectivity index is 2.13. The molecule has 3 aromatic rings. The van der Waals surface area contributed by atoms with Crippen LogP contribution in [0.1, 0.15) is 28.4 Å². The number of hydrogen-bond donors (Lipinski definition) is 3. The van der Waals surface area contributed by atoms with Crippen LogP contribution < -0.4 is 5.32 Å². The first kappa shape index (κ1) is 14.8. The van der Waals surface area contributed by atoms with Crippen molar-refractivity contribution < 1.29 is 15.0 Å². The summed E-state index contributed by atoms with van der Waals surface area (Å²) in [6.45, 7) is 3.69. The third-order valence-electron chi connectivity index (χ3n) is 3.73. The van der Waals surface area contributed by atoms with Crippen LogP contribution in [0.2, 0.25) is 0 Å². The maximum absolute atomic E-state index is 11.4. The lowest BCUT2D eigenvalue weighted by molar-refractivity contribution is 0.0696. The van der Waals surface area contributed by atoms with Crippen molar-refractivity contribution in [3.05, 3.63) is 47.4 Å². The van der Waals surface area contributed by atoms with E-state index < -0.39 is 5.97 Å². The number of rotatable bonds is 4. The number of aryl methyl sites for hydroxylation is 2. The van der Waals surface area contributed by atoms with Crippen molar-refractivity contribution >= 4 is 23.0 Å². The minimum atomic E-state index is -0.994. The van der Waals surface area contributed by atoms with Crippen molar-refractivity contribution in [1.29, 1.82) is 0 Å². The summed E-state index contributed by atoms with van der Waals surface area (Å²) in [5, 5.41) is 26.3. The van der Waals surface area contributed by atoms with Gasteiger partial charge in [0.15, 0.2) is 5.82 Å². The fraction of sp³-hybridized carbons (Fsp3) is 0.188. The van der Waals surface area contributed by atoms with Gasteiger partial charge >= 0.3 is 5.97 Å². The molecule has 7 heteroatoms. The Hall–Kier alpha value is -3.09. The Kier molecular flexibility index (Phi) is 3.61. The van der Waals surface area contributed by atoms with E-state index in [-0.39, 0.29) is 11.3 Å². The van der Waals surface area contributed by atoms with Gasteiger partial charge in [0, 0.05) is 18.0 Å². The van der Waals surface area contributed by atoms with Crippen molar-refractivity contribution in [1.82, 2.24) is 14.6 Å². The molecule has 0 aliphatic heterocycles. The van der Waals surface area contributed by atoms with Crippen molar-refractivity contribution in [3.63, 3.8) is 0 Å². The summed E-state index contributed by atoms with van der Waals surface area (Å²) >= 11 is 0. The zero-order valence-electron chi connectivity index (χ0n) is 12.7. The Morgan fingerprint density at radius 1 is 1.39 bits per heavy atom. The second-order valence-electron chi connectivity index (χ2n) is 5.21.